The molecule has 1 amide bonds. The lowest BCUT2D eigenvalue weighted by Crippen LogP contribution is -2.30. The lowest BCUT2D eigenvalue weighted by Gasteiger charge is -2.29. The van der Waals surface area contributed by atoms with E-state index in [1.165, 1.54) is 31.7 Å². The second-order valence-electron chi connectivity index (χ2n) is 4.97. The molecule has 7 heteroatoms. The van der Waals surface area contributed by atoms with Gasteiger partial charge in [-0.05, 0) is 25.3 Å². The third kappa shape index (κ3) is 4.01. The summed E-state index contributed by atoms with van der Waals surface area (Å²) in [6.45, 7) is 3.22. The zero-order valence-electron chi connectivity index (χ0n) is 11.9. The van der Waals surface area contributed by atoms with Gasteiger partial charge < -0.3 is 4.90 Å². The van der Waals surface area contributed by atoms with E-state index in [0.29, 0.717) is 5.56 Å². The molecule has 0 aliphatic carbocycles. The zero-order chi connectivity index (χ0) is 15.2. The van der Waals surface area contributed by atoms with Gasteiger partial charge in [0.15, 0.2) is 0 Å². The van der Waals surface area contributed by atoms with E-state index in [0.717, 1.165) is 31.6 Å². The second-order valence-corrected chi connectivity index (χ2v) is 4.97. The number of benzene rings is 1. The molecule has 1 fully saturated rings. The minimum absolute atomic E-state index is 0.0139. The first-order chi connectivity index (χ1) is 10.1. The van der Waals surface area contributed by atoms with Crippen molar-refractivity contribution in [2.45, 2.75) is 26.2 Å². The molecule has 1 aromatic carbocycles. The molecule has 0 atom stereocenters. The van der Waals surface area contributed by atoms with Crippen LogP contribution in [-0.4, -0.2) is 30.1 Å². The van der Waals surface area contributed by atoms with E-state index in [9.17, 15) is 14.9 Å². The molecular weight excluding hydrogens is 272 g/mol. The zero-order valence-corrected chi connectivity index (χ0v) is 11.9. The number of nitro groups is 1. The summed E-state index contributed by atoms with van der Waals surface area (Å²) < 4.78 is 0. The molecule has 1 heterocycles. The molecule has 1 N–H and O–H groups in total. The minimum atomic E-state index is -0.435. The number of hydrogen-bond donors (Lipinski definition) is 1. The fourth-order valence-electron chi connectivity index (χ4n) is 2.37. The van der Waals surface area contributed by atoms with Crippen LogP contribution in [0.25, 0.3) is 0 Å². The fraction of sp³-hybridized carbons (Fsp3) is 0.429. The van der Waals surface area contributed by atoms with Crippen LogP contribution < -0.4 is 10.3 Å². The lowest BCUT2D eigenvalue weighted by molar-refractivity contribution is -0.384. The molecule has 2 rings (SSSR count). The number of amides is 1. The SMILES string of the molecule is CC(=O)N/N=C\c1cc([N+](=O)[O-])ccc1N1CCCCC1. The highest BCUT2D eigenvalue weighted by Gasteiger charge is 2.16. The van der Waals surface area contributed by atoms with Crippen LogP contribution in [0.5, 0.6) is 0 Å². The van der Waals surface area contributed by atoms with E-state index < -0.39 is 4.92 Å². The number of rotatable bonds is 4. The first kappa shape index (κ1) is 15.0. The van der Waals surface area contributed by atoms with Crippen LogP contribution in [0.4, 0.5) is 11.4 Å². The Morgan fingerprint density at radius 2 is 2.10 bits per heavy atom. The van der Waals surface area contributed by atoms with E-state index >= 15 is 0 Å². The van der Waals surface area contributed by atoms with Crippen molar-refractivity contribution in [1.82, 2.24) is 5.43 Å². The van der Waals surface area contributed by atoms with Gasteiger partial charge in [-0.1, -0.05) is 0 Å². The van der Waals surface area contributed by atoms with Crippen LogP contribution in [0.3, 0.4) is 0 Å². The average molecular weight is 290 g/mol. The summed E-state index contributed by atoms with van der Waals surface area (Å²) in [7, 11) is 0. The lowest BCUT2D eigenvalue weighted by atomic mass is 10.1. The Morgan fingerprint density at radius 1 is 1.38 bits per heavy atom. The average Bonchev–Trinajstić information content (AvgIpc) is 2.47. The number of nitrogens with zero attached hydrogens (tertiary/aromatic N) is 3. The Bertz CT molecular complexity index is 565. The minimum Gasteiger partial charge on any atom is -0.371 e. The number of hydrogen-bond acceptors (Lipinski definition) is 5. The molecule has 0 bridgehead atoms. The standard InChI is InChI=1S/C14H18N4O3/c1-11(19)16-15-10-12-9-13(18(20)21)5-6-14(12)17-7-3-2-4-8-17/h5-6,9-10H,2-4,7-8H2,1H3,(H,16,19)/b15-10-. The number of hydrazone groups is 1. The number of carbonyl (C=O) groups excluding carboxylic acids is 1. The number of piperidine rings is 1. The van der Waals surface area contributed by atoms with Crippen LogP contribution in [0.2, 0.25) is 0 Å². The van der Waals surface area contributed by atoms with Crippen LogP contribution >= 0.6 is 0 Å². The van der Waals surface area contributed by atoms with Crippen molar-refractivity contribution in [1.29, 1.82) is 0 Å². The van der Waals surface area contributed by atoms with Crippen molar-refractivity contribution >= 4 is 23.5 Å². The Labute approximate surface area is 122 Å². The highest BCUT2D eigenvalue weighted by molar-refractivity contribution is 5.90. The number of nitro benzene ring substituents is 1. The van der Waals surface area contributed by atoms with Crippen molar-refractivity contribution < 1.29 is 9.72 Å². The Morgan fingerprint density at radius 3 is 2.71 bits per heavy atom. The van der Waals surface area contributed by atoms with Gasteiger partial charge in [-0.3, -0.25) is 14.9 Å². The molecule has 0 saturated carbocycles. The molecule has 21 heavy (non-hydrogen) atoms. The van der Waals surface area contributed by atoms with Gasteiger partial charge in [-0.25, -0.2) is 5.43 Å². The summed E-state index contributed by atoms with van der Waals surface area (Å²) in [4.78, 5) is 23.5. The molecule has 112 valence electrons. The molecule has 1 aliphatic rings. The summed E-state index contributed by atoms with van der Waals surface area (Å²) in [6, 6.07) is 4.73. The van der Waals surface area contributed by atoms with Gasteiger partial charge in [0, 0.05) is 43.4 Å². The smallest absolute Gasteiger partial charge is 0.270 e. The third-order valence-electron chi connectivity index (χ3n) is 3.34. The topological polar surface area (TPSA) is 87.8 Å². The first-order valence-corrected chi connectivity index (χ1v) is 6.91. The van der Waals surface area contributed by atoms with Crippen molar-refractivity contribution in [3.8, 4) is 0 Å². The Kier molecular flexibility index (Phi) is 4.86. The molecule has 7 nitrogen and oxygen atoms in total. The van der Waals surface area contributed by atoms with Gasteiger partial charge in [-0.15, -0.1) is 0 Å². The maximum atomic E-state index is 10.9. The summed E-state index contributed by atoms with van der Waals surface area (Å²) in [6.07, 6.45) is 4.88. The molecule has 0 unspecified atom stereocenters. The van der Waals surface area contributed by atoms with Crippen LogP contribution in [-0.2, 0) is 4.79 Å². The first-order valence-electron chi connectivity index (χ1n) is 6.91. The number of nitrogens with one attached hydrogen (secondary N) is 1. The van der Waals surface area contributed by atoms with Crippen molar-refractivity contribution in [2.75, 3.05) is 18.0 Å². The van der Waals surface area contributed by atoms with E-state index in [-0.39, 0.29) is 11.6 Å². The van der Waals surface area contributed by atoms with Gasteiger partial charge in [-0.2, -0.15) is 5.10 Å². The molecule has 1 aromatic rings. The van der Waals surface area contributed by atoms with Crippen molar-refractivity contribution in [3.63, 3.8) is 0 Å². The van der Waals surface area contributed by atoms with Gasteiger partial charge in [0.2, 0.25) is 5.91 Å². The van der Waals surface area contributed by atoms with Crippen molar-refractivity contribution in [3.05, 3.63) is 33.9 Å². The largest absolute Gasteiger partial charge is 0.371 e. The monoisotopic (exact) mass is 290 g/mol. The van der Waals surface area contributed by atoms with E-state index in [1.807, 2.05) is 0 Å². The summed E-state index contributed by atoms with van der Waals surface area (Å²) in [5.41, 5.74) is 3.88. The Hall–Kier alpha value is -2.44. The van der Waals surface area contributed by atoms with Gasteiger partial charge >= 0.3 is 0 Å². The predicted octanol–water partition coefficient (Wildman–Crippen LogP) is 2.06. The number of anilines is 1. The molecule has 0 radical (unpaired) electrons. The third-order valence-corrected chi connectivity index (χ3v) is 3.34. The molecule has 0 spiro atoms. The van der Waals surface area contributed by atoms with Gasteiger partial charge in [0.1, 0.15) is 0 Å². The molecule has 1 aliphatic heterocycles. The molecule has 0 aromatic heterocycles. The van der Waals surface area contributed by atoms with Crippen LogP contribution in [0, 0.1) is 10.1 Å². The quantitative estimate of drug-likeness (QED) is 0.522. The van der Waals surface area contributed by atoms with Gasteiger partial charge in [0.25, 0.3) is 5.69 Å². The van der Waals surface area contributed by atoms with Crippen LogP contribution in [0.15, 0.2) is 23.3 Å². The van der Waals surface area contributed by atoms with E-state index in [2.05, 4.69) is 15.4 Å². The number of carbonyl (C=O) groups is 1. The van der Waals surface area contributed by atoms with Crippen LogP contribution in [0.1, 0.15) is 31.7 Å². The van der Waals surface area contributed by atoms with Crippen molar-refractivity contribution in [2.24, 2.45) is 5.10 Å². The highest BCUT2D eigenvalue weighted by Crippen LogP contribution is 2.26. The number of non-ortho nitro benzene ring substituents is 1. The summed E-state index contributed by atoms with van der Waals surface area (Å²) in [5.74, 6) is -0.281. The summed E-state index contributed by atoms with van der Waals surface area (Å²) >= 11 is 0. The predicted molar refractivity (Wildman–Crippen MR) is 80.6 cm³/mol. The highest BCUT2D eigenvalue weighted by atomic mass is 16.6. The fourth-order valence-corrected chi connectivity index (χ4v) is 2.37. The van der Waals surface area contributed by atoms with E-state index in [1.54, 1.807) is 6.07 Å². The second kappa shape index (κ2) is 6.83. The van der Waals surface area contributed by atoms with E-state index in [4.69, 9.17) is 0 Å². The normalized spacial score (nSPS) is 15.2. The van der Waals surface area contributed by atoms with Gasteiger partial charge in [0.05, 0.1) is 11.1 Å². The molecule has 1 saturated heterocycles. The maximum Gasteiger partial charge on any atom is 0.270 e. The maximum absolute atomic E-state index is 10.9. The Balaban J connectivity index is 2.30. The summed E-state index contributed by atoms with van der Waals surface area (Å²) in [5, 5.41) is 14.7. The molecular formula is C14H18N4O3.